The monoisotopic (exact) mass is 609 g/mol. The van der Waals surface area contributed by atoms with Crippen molar-refractivity contribution < 1.29 is 14.6 Å². The quantitative estimate of drug-likeness (QED) is 0.141. The molecule has 0 spiro atoms. The van der Waals surface area contributed by atoms with Crippen LogP contribution in [0.3, 0.4) is 0 Å². The molecule has 2 heterocycles. The van der Waals surface area contributed by atoms with Crippen molar-refractivity contribution in [3.05, 3.63) is 152 Å². The number of fused-ring (bicyclic) bond motifs is 2. The summed E-state index contributed by atoms with van der Waals surface area (Å²) in [6.45, 7) is 0. The molecule has 1 aliphatic heterocycles. The number of amides is 1. The SMILES string of the molecule is O=C(c1cc(-c2ccccc2)nc2ccccc12)N1N=C2/C(=C/c3cccc([N+](=O)[O-])c3)CCC[C@H]2[C@@H]1c1cccc([N+](=O)[O-])c1. The van der Waals surface area contributed by atoms with E-state index in [0.717, 1.165) is 17.6 Å². The summed E-state index contributed by atoms with van der Waals surface area (Å²) in [6.07, 6.45) is 4.09. The lowest BCUT2D eigenvalue weighted by Gasteiger charge is -2.29. The highest BCUT2D eigenvalue weighted by molar-refractivity contribution is 6.12. The van der Waals surface area contributed by atoms with Crippen molar-refractivity contribution in [1.82, 2.24) is 9.99 Å². The summed E-state index contributed by atoms with van der Waals surface area (Å²) in [6, 6.07) is 31.1. The topological polar surface area (TPSA) is 132 Å². The van der Waals surface area contributed by atoms with Crippen molar-refractivity contribution in [2.75, 3.05) is 0 Å². The second kappa shape index (κ2) is 11.8. The molecule has 4 aromatic carbocycles. The van der Waals surface area contributed by atoms with E-state index in [9.17, 15) is 25.0 Å². The number of hydrazone groups is 1. The molecule has 0 bridgehead atoms. The van der Waals surface area contributed by atoms with E-state index < -0.39 is 15.9 Å². The van der Waals surface area contributed by atoms with Gasteiger partial charge in [-0.15, -0.1) is 0 Å². The summed E-state index contributed by atoms with van der Waals surface area (Å²) in [5.41, 5.74) is 5.38. The van der Waals surface area contributed by atoms with Crippen LogP contribution in [0.2, 0.25) is 0 Å². The number of nitro benzene ring substituents is 2. The van der Waals surface area contributed by atoms with Crippen LogP contribution in [0.5, 0.6) is 0 Å². The number of nitrogens with zero attached hydrogens (tertiary/aromatic N) is 5. The molecule has 7 rings (SSSR count). The summed E-state index contributed by atoms with van der Waals surface area (Å²) in [5.74, 6) is -0.574. The van der Waals surface area contributed by atoms with E-state index in [1.807, 2.05) is 60.7 Å². The van der Waals surface area contributed by atoms with E-state index in [1.54, 1.807) is 30.3 Å². The zero-order chi connectivity index (χ0) is 31.8. The fraction of sp³-hybridized carbons (Fsp3) is 0.139. The number of para-hydroxylation sites is 1. The Labute approximate surface area is 263 Å². The Hall–Kier alpha value is -6.03. The normalized spacial score (nSPS) is 18.3. The van der Waals surface area contributed by atoms with Gasteiger partial charge < -0.3 is 0 Å². The average molecular weight is 610 g/mol. The van der Waals surface area contributed by atoms with Crippen molar-refractivity contribution in [3.63, 3.8) is 0 Å². The molecular formula is C36H27N5O5. The first-order valence-electron chi connectivity index (χ1n) is 14.9. The Morgan fingerprint density at radius 2 is 1.54 bits per heavy atom. The number of benzene rings is 4. The van der Waals surface area contributed by atoms with Crippen LogP contribution >= 0.6 is 0 Å². The zero-order valence-corrected chi connectivity index (χ0v) is 24.5. The third-order valence-electron chi connectivity index (χ3n) is 8.57. The summed E-state index contributed by atoms with van der Waals surface area (Å²) in [7, 11) is 0. The number of allylic oxidation sites excluding steroid dienone is 1. The van der Waals surface area contributed by atoms with Gasteiger partial charge in [0.15, 0.2) is 0 Å². The number of hydrogen-bond acceptors (Lipinski definition) is 7. The molecule has 1 fully saturated rings. The van der Waals surface area contributed by atoms with Gasteiger partial charge in [-0.2, -0.15) is 5.10 Å². The van der Waals surface area contributed by atoms with E-state index >= 15 is 0 Å². The standard InChI is InChI=1S/C36H27N5O5/c42-36(31-22-33(24-10-2-1-3-11-24)37-32-18-5-4-16-29(31)32)39-35(26-13-7-15-28(21-26)41(45)46)30-17-8-12-25(34(30)38-39)19-23-9-6-14-27(20-23)40(43)44/h1-7,9-11,13-16,18-22,30,35H,8,12,17H2/b25-19+/t30-,35+/m1/s1. The molecule has 2 aliphatic rings. The number of pyridine rings is 1. The molecule has 226 valence electrons. The Bertz CT molecular complexity index is 2090. The van der Waals surface area contributed by atoms with E-state index in [-0.39, 0.29) is 23.2 Å². The first kappa shape index (κ1) is 28.7. The van der Waals surface area contributed by atoms with Crippen molar-refractivity contribution in [1.29, 1.82) is 0 Å². The predicted octanol–water partition coefficient (Wildman–Crippen LogP) is 8.16. The number of non-ortho nitro benzene ring substituents is 2. The van der Waals surface area contributed by atoms with E-state index in [4.69, 9.17) is 10.1 Å². The number of hydrogen-bond donors (Lipinski definition) is 0. The van der Waals surface area contributed by atoms with Crippen LogP contribution < -0.4 is 0 Å². The van der Waals surface area contributed by atoms with Gasteiger partial charge in [0.05, 0.1) is 38.4 Å². The molecule has 0 saturated heterocycles. The zero-order valence-electron chi connectivity index (χ0n) is 24.5. The number of carbonyl (C=O) groups is 1. The lowest BCUT2D eigenvalue weighted by atomic mass is 9.77. The van der Waals surface area contributed by atoms with E-state index in [1.165, 1.54) is 29.3 Å². The van der Waals surface area contributed by atoms with Crippen LogP contribution in [0.15, 0.2) is 120 Å². The second-order valence-corrected chi connectivity index (χ2v) is 11.4. The summed E-state index contributed by atoms with van der Waals surface area (Å²) < 4.78 is 0. The molecule has 1 aliphatic carbocycles. The molecule has 1 saturated carbocycles. The van der Waals surface area contributed by atoms with Crippen molar-refractivity contribution in [2.24, 2.45) is 11.0 Å². The van der Waals surface area contributed by atoms with Gasteiger partial charge in [0.25, 0.3) is 17.3 Å². The molecule has 10 heteroatoms. The maximum atomic E-state index is 14.7. The van der Waals surface area contributed by atoms with Crippen molar-refractivity contribution in [2.45, 2.75) is 25.3 Å². The summed E-state index contributed by atoms with van der Waals surface area (Å²) >= 11 is 0. The maximum Gasteiger partial charge on any atom is 0.275 e. The van der Waals surface area contributed by atoms with Crippen LogP contribution in [-0.4, -0.2) is 31.5 Å². The highest BCUT2D eigenvalue weighted by Crippen LogP contribution is 2.46. The smallest absolute Gasteiger partial charge is 0.267 e. The Morgan fingerprint density at radius 1 is 0.826 bits per heavy atom. The summed E-state index contributed by atoms with van der Waals surface area (Å²) in [4.78, 5) is 41.9. The van der Waals surface area contributed by atoms with Crippen LogP contribution in [0.1, 0.15) is 46.8 Å². The van der Waals surface area contributed by atoms with Crippen LogP contribution in [0.25, 0.3) is 28.2 Å². The van der Waals surface area contributed by atoms with E-state index in [0.29, 0.717) is 51.8 Å². The maximum absolute atomic E-state index is 14.7. The number of nitro groups is 2. The van der Waals surface area contributed by atoms with Gasteiger partial charge in [0.2, 0.25) is 0 Å². The van der Waals surface area contributed by atoms with Crippen molar-refractivity contribution >= 4 is 40.0 Å². The molecule has 0 radical (unpaired) electrons. The van der Waals surface area contributed by atoms with E-state index in [2.05, 4.69) is 0 Å². The first-order chi connectivity index (χ1) is 22.4. The Kier molecular flexibility index (Phi) is 7.38. The van der Waals surface area contributed by atoms with Gasteiger partial charge in [0.1, 0.15) is 0 Å². The minimum Gasteiger partial charge on any atom is -0.267 e. The minimum absolute atomic E-state index is 0.0138. The number of rotatable bonds is 6. The van der Waals surface area contributed by atoms with Gasteiger partial charge in [-0.3, -0.25) is 25.0 Å². The van der Waals surface area contributed by atoms with Crippen LogP contribution in [0, 0.1) is 26.1 Å². The van der Waals surface area contributed by atoms with Crippen LogP contribution in [-0.2, 0) is 0 Å². The fourth-order valence-electron chi connectivity index (χ4n) is 6.49. The first-order valence-corrected chi connectivity index (χ1v) is 14.9. The number of aromatic nitrogens is 1. The molecule has 46 heavy (non-hydrogen) atoms. The Morgan fingerprint density at radius 3 is 2.33 bits per heavy atom. The molecule has 2 atom stereocenters. The molecule has 0 unspecified atom stereocenters. The average Bonchev–Trinajstić information content (AvgIpc) is 3.49. The van der Waals surface area contributed by atoms with Gasteiger partial charge in [0, 0.05) is 41.1 Å². The lowest BCUT2D eigenvalue weighted by molar-refractivity contribution is -0.385. The highest BCUT2D eigenvalue weighted by atomic mass is 16.6. The van der Waals surface area contributed by atoms with Gasteiger partial charge in [-0.25, -0.2) is 9.99 Å². The Balaban J connectivity index is 1.38. The lowest BCUT2D eigenvalue weighted by Crippen LogP contribution is -2.32. The molecule has 5 aromatic rings. The molecule has 0 N–H and O–H groups in total. The number of carbonyl (C=O) groups excluding carboxylic acids is 1. The fourth-order valence-corrected chi connectivity index (χ4v) is 6.49. The third kappa shape index (κ3) is 5.30. The minimum atomic E-state index is -0.594. The second-order valence-electron chi connectivity index (χ2n) is 11.4. The highest BCUT2D eigenvalue weighted by Gasteiger charge is 2.44. The van der Waals surface area contributed by atoms with Gasteiger partial charge in [-0.05, 0) is 54.2 Å². The molecule has 10 nitrogen and oxygen atoms in total. The van der Waals surface area contributed by atoms with Crippen molar-refractivity contribution in [3.8, 4) is 11.3 Å². The van der Waals surface area contributed by atoms with Crippen LogP contribution in [0.4, 0.5) is 11.4 Å². The molecular weight excluding hydrogens is 582 g/mol. The molecule has 1 aromatic heterocycles. The third-order valence-corrected chi connectivity index (χ3v) is 8.57. The molecule has 1 amide bonds. The predicted molar refractivity (Wildman–Crippen MR) is 175 cm³/mol. The van der Waals surface area contributed by atoms with Gasteiger partial charge in [-0.1, -0.05) is 72.8 Å². The largest absolute Gasteiger partial charge is 0.275 e. The summed E-state index contributed by atoms with van der Waals surface area (Å²) in [5, 5.41) is 30.3. The van der Waals surface area contributed by atoms with Gasteiger partial charge >= 0.3 is 0 Å².